The van der Waals surface area contributed by atoms with Gasteiger partial charge in [-0.25, -0.2) is 0 Å². The van der Waals surface area contributed by atoms with Crippen LogP contribution >= 0.6 is 11.8 Å². The molecule has 1 aromatic rings. The smallest absolute Gasteiger partial charge is 0.0586 e. The van der Waals surface area contributed by atoms with Gasteiger partial charge in [0.2, 0.25) is 0 Å². The summed E-state index contributed by atoms with van der Waals surface area (Å²) < 4.78 is 5.50. The quantitative estimate of drug-likeness (QED) is 0.902. The van der Waals surface area contributed by atoms with E-state index >= 15 is 0 Å². The molecule has 0 unspecified atom stereocenters. The van der Waals surface area contributed by atoms with Crippen molar-refractivity contribution >= 4 is 11.8 Å². The van der Waals surface area contributed by atoms with Gasteiger partial charge in [0, 0.05) is 10.3 Å². The first-order chi connectivity index (χ1) is 8.84. The van der Waals surface area contributed by atoms with E-state index in [9.17, 15) is 0 Å². The zero-order valence-electron chi connectivity index (χ0n) is 11.0. The molecule has 0 amide bonds. The molecular weight excluding hydrogens is 242 g/mol. The molecule has 0 bridgehead atoms. The molecule has 0 aliphatic carbocycles. The molecule has 2 nitrogen and oxygen atoms in total. The summed E-state index contributed by atoms with van der Waals surface area (Å²) in [4.78, 5) is 1.49. The van der Waals surface area contributed by atoms with E-state index < -0.39 is 0 Å². The van der Waals surface area contributed by atoms with Crippen molar-refractivity contribution in [3.05, 3.63) is 29.3 Å². The third-order valence-corrected chi connectivity index (χ3v) is 5.33. The van der Waals surface area contributed by atoms with Gasteiger partial charge in [0.15, 0.2) is 0 Å². The van der Waals surface area contributed by atoms with Crippen LogP contribution in [0.2, 0.25) is 0 Å². The first-order valence-corrected chi connectivity index (χ1v) is 7.81. The molecule has 0 atom stereocenters. The minimum absolute atomic E-state index is 0.278. The number of nitrogens with one attached hydrogen (secondary N) is 1. The van der Waals surface area contributed by atoms with E-state index in [0.29, 0.717) is 0 Å². The molecule has 98 valence electrons. The molecule has 0 spiro atoms. The fourth-order valence-electron chi connectivity index (χ4n) is 2.86. The van der Waals surface area contributed by atoms with Crippen molar-refractivity contribution in [2.75, 3.05) is 32.6 Å². The SMILES string of the molecule is CNCCC1(c2ccc3c(c2)CCCS3)COC1. The van der Waals surface area contributed by atoms with Crippen LogP contribution in [0, 0.1) is 0 Å². The fraction of sp³-hybridized carbons (Fsp3) is 0.600. The summed E-state index contributed by atoms with van der Waals surface area (Å²) in [7, 11) is 2.02. The molecule has 0 radical (unpaired) electrons. The van der Waals surface area contributed by atoms with Gasteiger partial charge in [0.25, 0.3) is 0 Å². The summed E-state index contributed by atoms with van der Waals surface area (Å²) in [5, 5.41) is 3.26. The highest BCUT2D eigenvalue weighted by Gasteiger charge is 2.39. The van der Waals surface area contributed by atoms with Gasteiger partial charge in [0.1, 0.15) is 0 Å². The van der Waals surface area contributed by atoms with Gasteiger partial charge in [0.05, 0.1) is 13.2 Å². The number of ether oxygens (including phenoxy) is 1. The highest BCUT2D eigenvalue weighted by atomic mass is 32.2. The molecule has 3 rings (SSSR count). The van der Waals surface area contributed by atoms with Crippen molar-refractivity contribution in [3.8, 4) is 0 Å². The highest BCUT2D eigenvalue weighted by Crippen LogP contribution is 2.39. The minimum Gasteiger partial charge on any atom is -0.379 e. The first kappa shape index (κ1) is 12.5. The molecule has 2 aliphatic heterocycles. The van der Waals surface area contributed by atoms with E-state index in [1.165, 1.54) is 35.5 Å². The Hall–Kier alpha value is -0.510. The van der Waals surface area contributed by atoms with Crippen molar-refractivity contribution in [3.63, 3.8) is 0 Å². The van der Waals surface area contributed by atoms with Crippen molar-refractivity contribution in [1.29, 1.82) is 0 Å². The van der Waals surface area contributed by atoms with E-state index in [-0.39, 0.29) is 5.41 Å². The average Bonchev–Trinajstić information content (AvgIpc) is 2.37. The lowest BCUT2D eigenvalue weighted by molar-refractivity contribution is -0.0638. The van der Waals surface area contributed by atoms with E-state index in [4.69, 9.17) is 4.74 Å². The standard InChI is InChI=1S/C15H21NOS/c1-16-7-6-15(10-17-11-15)13-4-5-14-12(9-13)3-2-8-18-14/h4-5,9,16H,2-3,6-8,10-11H2,1H3. The molecule has 1 fully saturated rings. The summed E-state index contributed by atoms with van der Waals surface area (Å²) in [6.45, 7) is 2.84. The number of hydrogen-bond donors (Lipinski definition) is 1. The summed E-state index contributed by atoms with van der Waals surface area (Å²) in [6, 6.07) is 7.10. The minimum atomic E-state index is 0.278. The van der Waals surface area contributed by atoms with E-state index in [1.54, 1.807) is 5.56 Å². The molecule has 0 aromatic heterocycles. The normalized spacial score (nSPS) is 21.2. The summed E-state index contributed by atoms with van der Waals surface area (Å²) >= 11 is 2.01. The Morgan fingerprint density at radius 2 is 2.28 bits per heavy atom. The first-order valence-electron chi connectivity index (χ1n) is 6.83. The van der Waals surface area contributed by atoms with Gasteiger partial charge >= 0.3 is 0 Å². The lowest BCUT2D eigenvalue weighted by Crippen LogP contribution is -2.48. The Labute approximate surface area is 113 Å². The Kier molecular flexibility index (Phi) is 3.64. The van der Waals surface area contributed by atoms with Crippen LogP contribution in [0.25, 0.3) is 0 Å². The molecule has 3 heteroatoms. The average molecular weight is 263 g/mol. The van der Waals surface area contributed by atoms with Gasteiger partial charge in [-0.2, -0.15) is 0 Å². The van der Waals surface area contributed by atoms with Crippen molar-refractivity contribution in [2.24, 2.45) is 0 Å². The summed E-state index contributed by atoms with van der Waals surface area (Å²) in [5.74, 6) is 1.28. The monoisotopic (exact) mass is 263 g/mol. The fourth-order valence-corrected chi connectivity index (χ4v) is 3.88. The molecule has 0 saturated carbocycles. The van der Waals surface area contributed by atoms with Gasteiger partial charge in [-0.1, -0.05) is 12.1 Å². The third-order valence-electron chi connectivity index (χ3n) is 4.13. The van der Waals surface area contributed by atoms with Crippen molar-refractivity contribution < 1.29 is 4.74 Å². The molecule has 2 aliphatic rings. The maximum Gasteiger partial charge on any atom is 0.0586 e. The molecular formula is C15H21NOS. The maximum absolute atomic E-state index is 5.50. The number of rotatable bonds is 4. The number of benzene rings is 1. The second-order valence-electron chi connectivity index (χ2n) is 5.40. The van der Waals surface area contributed by atoms with E-state index in [1.807, 2.05) is 18.8 Å². The second-order valence-corrected chi connectivity index (χ2v) is 6.54. The number of fused-ring (bicyclic) bond motifs is 1. The molecule has 1 saturated heterocycles. The Balaban J connectivity index is 1.86. The van der Waals surface area contributed by atoms with Gasteiger partial charge in [-0.05, 0) is 55.8 Å². The largest absolute Gasteiger partial charge is 0.379 e. The van der Waals surface area contributed by atoms with Crippen molar-refractivity contribution in [1.82, 2.24) is 5.32 Å². The lowest BCUT2D eigenvalue weighted by atomic mass is 9.75. The van der Waals surface area contributed by atoms with Crippen LogP contribution in [-0.4, -0.2) is 32.6 Å². The van der Waals surface area contributed by atoms with E-state index in [0.717, 1.165) is 19.8 Å². The van der Waals surface area contributed by atoms with Crippen molar-refractivity contribution in [2.45, 2.75) is 29.6 Å². The molecule has 2 heterocycles. The maximum atomic E-state index is 5.50. The van der Waals surface area contributed by atoms with Gasteiger partial charge in [-0.3, -0.25) is 0 Å². The van der Waals surface area contributed by atoms with Gasteiger partial charge in [-0.15, -0.1) is 11.8 Å². The molecule has 1 aromatic carbocycles. The van der Waals surface area contributed by atoms with Crippen LogP contribution in [0.3, 0.4) is 0 Å². The summed E-state index contributed by atoms with van der Waals surface area (Å²) in [5.41, 5.74) is 3.32. The zero-order valence-corrected chi connectivity index (χ0v) is 11.8. The lowest BCUT2D eigenvalue weighted by Gasteiger charge is -2.42. The third kappa shape index (κ3) is 2.20. The predicted molar refractivity (Wildman–Crippen MR) is 76.5 cm³/mol. The zero-order chi connectivity index (χ0) is 12.4. The van der Waals surface area contributed by atoms with Crippen LogP contribution in [0.4, 0.5) is 0 Å². The Morgan fingerprint density at radius 1 is 1.39 bits per heavy atom. The van der Waals surface area contributed by atoms with Crippen LogP contribution in [0.15, 0.2) is 23.1 Å². The highest BCUT2D eigenvalue weighted by molar-refractivity contribution is 7.99. The number of thioether (sulfide) groups is 1. The molecule has 18 heavy (non-hydrogen) atoms. The van der Waals surface area contributed by atoms with Crippen LogP contribution < -0.4 is 5.32 Å². The Morgan fingerprint density at radius 3 is 3.00 bits per heavy atom. The Bertz CT molecular complexity index is 429. The second kappa shape index (κ2) is 5.24. The van der Waals surface area contributed by atoms with E-state index in [2.05, 4.69) is 23.5 Å². The number of hydrogen-bond acceptors (Lipinski definition) is 3. The van der Waals surface area contributed by atoms with Crippen LogP contribution in [0.5, 0.6) is 0 Å². The van der Waals surface area contributed by atoms with Crippen LogP contribution in [-0.2, 0) is 16.6 Å². The van der Waals surface area contributed by atoms with Crippen LogP contribution in [0.1, 0.15) is 24.0 Å². The topological polar surface area (TPSA) is 21.3 Å². The van der Waals surface area contributed by atoms with Gasteiger partial charge < -0.3 is 10.1 Å². The predicted octanol–water partition coefficient (Wildman–Crippen LogP) is 2.60. The summed E-state index contributed by atoms with van der Waals surface area (Å²) in [6.07, 6.45) is 3.75. The molecule has 1 N–H and O–H groups in total. The number of aryl methyl sites for hydroxylation is 1.